The highest BCUT2D eigenvalue weighted by Gasteiger charge is 2.15. The Bertz CT molecular complexity index is 448. The van der Waals surface area contributed by atoms with Crippen LogP contribution in [0.4, 0.5) is 5.69 Å². The van der Waals surface area contributed by atoms with E-state index >= 15 is 0 Å². The maximum atomic E-state index is 11.9. The maximum absolute atomic E-state index is 11.9. The fourth-order valence-corrected chi connectivity index (χ4v) is 1.86. The molecule has 0 radical (unpaired) electrons. The first kappa shape index (κ1) is 15.1. The van der Waals surface area contributed by atoms with Crippen LogP contribution in [0.25, 0.3) is 0 Å². The lowest BCUT2D eigenvalue weighted by Gasteiger charge is -2.21. The number of aromatic nitrogens is 2. The smallest absolute Gasteiger partial charge is 0.283 e. The van der Waals surface area contributed by atoms with Crippen molar-refractivity contribution >= 4 is 21.6 Å². The molecule has 0 bridgehead atoms. The minimum Gasteiger partial charge on any atom is -0.394 e. The van der Waals surface area contributed by atoms with Crippen molar-refractivity contribution in [3.05, 3.63) is 21.0 Å². The van der Waals surface area contributed by atoms with Crippen LogP contribution < -0.4 is 10.9 Å². The van der Waals surface area contributed by atoms with E-state index in [0.29, 0.717) is 10.2 Å². The SMILES string of the molecule is CC(C)C(CO)Nc1cnn(CCO)c(=O)c1Br. The number of anilines is 1. The number of hydrogen-bond donors (Lipinski definition) is 3. The first-order valence-electron chi connectivity index (χ1n) is 5.75. The predicted octanol–water partition coefficient (Wildman–Crippen LogP) is 0.427. The van der Waals surface area contributed by atoms with Gasteiger partial charge in [-0.25, -0.2) is 4.68 Å². The fraction of sp³-hybridized carbons (Fsp3) is 0.636. The number of aliphatic hydroxyl groups excluding tert-OH is 2. The molecule has 0 aliphatic heterocycles. The van der Waals surface area contributed by atoms with Crippen LogP contribution in [0.2, 0.25) is 0 Å². The quantitative estimate of drug-likeness (QED) is 0.707. The average Bonchev–Trinajstić information content (AvgIpc) is 2.34. The summed E-state index contributed by atoms with van der Waals surface area (Å²) in [6.07, 6.45) is 1.51. The van der Waals surface area contributed by atoms with Crippen LogP contribution in [0, 0.1) is 5.92 Å². The van der Waals surface area contributed by atoms with Crippen LogP contribution in [0.5, 0.6) is 0 Å². The summed E-state index contributed by atoms with van der Waals surface area (Å²) in [7, 11) is 0. The van der Waals surface area contributed by atoms with E-state index in [4.69, 9.17) is 5.11 Å². The van der Waals surface area contributed by atoms with Gasteiger partial charge in [0.1, 0.15) is 4.47 Å². The Kier molecular flexibility index (Phi) is 5.77. The molecular weight excluding hydrogens is 302 g/mol. The summed E-state index contributed by atoms with van der Waals surface area (Å²) < 4.78 is 1.53. The Hall–Kier alpha value is -0.920. The lowest BCUT2D eigenvalue weighted by molar-refractivity contribution is 0.249. The van der Waals surface area contributed by atoms with Gasteiger partial charge >= 0.3 is 0 Å². The lowest BCUT2D eigenvalue weighted by atomic mass is 10.1. The fourth-order valence-electron chi connectivity index (χ4n) is 1.44. The van der Waals surface area contributed by atoms with Crippen molar-refractivity contribution in [1.29, 1.82) is 0 Å². The number of rotatable bonds is 6. The van der Waals surface area contributed by atoms with E-state index < -0.39 is 0 Å². The average molecular weight is 320 g/mol. The van der Waals surface area contributed by atoms with Crippen molar-refractivity contribution in [2.24, 2.45) is 5.92 Å². The lowest BCUT2D eigenvalue weighted by Crippen LogP contribution is -2.32. The predicted molar refractivity (Wildman–Crippen MR) is 72.6 cm³/mol. The second-order valence-electron chi connectivity index (χ2n) is 4.30. The highest BCUT2D eigenvalue weighted by molar-refractivity contribution is 9.10. The van der Waals surface area contributed by atoms with Crippen molar-refractivity contribution in [1.82, 2.24) is 9.78 Å². The zero-order valence-electron chi connectivity index (χ0n) is 10.4. The van der Waals surface area contributed by atoms with Gasteiger partial charge in [-0.2, -0.15) is 5.10 Å². The van der Waals surface area contributed by atoms with Gasteiger partial charge in [0.05, 0.1) is 37.7 Å². The zero-order valence-corrected chi connectivity index (χ0v) is 12.0. The summed E-state index contributed by atoms with van der Waals surface area (Å²) in [6.45, 7) is 3.94. The minimum atomic E-state index is -0.311. The largest absolute Gasteiger partial charge is 0.394 e. The Morgan fingerprint density at radius 1 is 1.50 bits per heavy atom. The van der Waals surface area contributed by atoms with Crippen LogP contribution in [-0.2, 0) is 6.54 Å². The Balaban J connectivity index is 2.98. The molecule has 0 aliphatic rings. The Labute approximate surface area is 114 Å². The summed E-state index contributed by atoms with van der Waals surface area (Å²) >= 11 is 3.21. The molecule has 1 rings (SSSR count). The Morgan fingerprint density at radius 3 is 2.67 bits per heavy atom. The van der Waals surface area contributed by atoms with Crippen molar-refractivity contribution in [2.75, 3.05) is 18.5 Å². The van der Waals surface area contributed by atoms with E-state index in [9.17, 15) is 9.90 Å². The van der Waals surface area contributed by atoms with E-state index in [1.165, 1.54) is 10.9 Å². The maximum Gasteiger partial charge on any atom is 0.283 e. The zero-order chi connectivity index (χ0) is 13.7. The topological polar surface area (TPSA) is 87.4 Å². The van der Waals surface area contributed by atoms with E-state index in [2.05, 4.69) is 26.3 Å². The normalized spacial score (nSPS) is 12.8. The Morgan fingerprint density at radius 2 is 2.17 bits per heavy atom. The van der Waals surface area contributed by atoms with Gasteiger partial charge in [-0.3, -0.25) is 4.79 Å². The third-order valence-corrected chi connectivity index (χ3v) is 3.41. The molecule has 1 aromatic rings. The van der Waals surface area contributed by atoms with Gasteiger partial charge in [0.15, 0.2) is 0 Å². The third kappa shape index (κ3) is 3.54. The monoisotopic (exact) mass is 319 g/mol. The van der Waals surface area contributed by atoms with Gasteiger partial charge in [0.25, 0.3) is 5.56 Å². The molecule has 1 atom stereocenters. The molecule has 3 N–H and O–H groups in total. The summed E-state index contributed by atoms with van der Waals surface area (Å²) in [5, 5.41) is 25.1. The van der Waals surface area contributed by atoms with Crippen LogP contribution in [0.3, 0.4) is 0 Å². The molecule has 0 amide bonds. The first-order valence-corrected chi connectivity index (χ1v) is 6.54. The van der Waals surface area contributed by atoms with Crippen molar-refractivity contribution in [3.63, 3.8) is 0 Å². The molecule has 0 aliphatic carbocycles. The van der Waals surface area contributed by atoms with Gasteiger partial charge in [-0.1, -0.05) is 13.8 Å². The number of nitrogens with zero attached hydrogens (tertiary/aromatic N) is 2. The van der Waals surface area contributed by atoms with Crippen molar-refractivity contribution < 1.29 is 10.2 Å². The molecule has 0 saturated carbocycles. The highest BCUT2D eigenvalue weighted by atomic mass is 79.9. The van der Waals surface area contributed by atoms with Crippen molar-refractivity contribution in [3.8, 4) is 0 Å². The minimum absolute atomic E-state index is 0.0240. The summed E-state index contributed by atoms with van der Waals surface area (Å²) in [5.41, 5.74) is 0.233. The molecule has 6 nitrogen and oxygen atoms in total. The molecule has 0 aromatic carbocycles. The summed E-state index contributed by atoms with van der Waals surface area (Å²) in [5.74, 6) is 0.224. The molecule has 7 heteroatoms. The van der Waals surface area contributed by atoms with Crippen LogP contribution in [0.15, 0.2) is 15.5 Å². The summed E-state index contributed by atoms with van der Waals surface area (Å²) in [6, 6.07) is -0.142. The molecule has 0 spiro atoms. The van der Waals surface area contributed by atoms with E-state index in [0.717, 1.165) is 0 Å². The molecule has 1 unspecified atom stereocenters. The second-order valence-corrected chi connectivity index (χ2v) is 5.09. The highest BCUT2D eigenvalue weighted by Crippen LogP contribution is 2.19. The number of nitrogens with one attached hydrogen (secondary N) is 1. The van der Waals surface area contributed by atoms with Crippen LogP contribution >= 0.6 is 15.9 Å². The van der Waals surface area contributed by atoms with Gasteiger partial charge in [0.2, 0.25) is 0 Å². The van der Waals surface area contributed by atoms with Crippen LogP contribution in [0.1, 0.15) is 13.8 Å². The van der Waals surface area contributed by atoms with Gasteiger partial charge in [-0.15, -0.1) is 0 Å². The molecule has 1 heterocycles. The van der Waals surface area contributed by atoms with Gasteiger partial charge in [-0.05, 0) is 21.8 Å². The summed E-state index contributed by atoms with van der Waals surface area (Å²) in [4.78, 5) is 11.9. The number of halogens is 1. The molecule has 18 heavy (non-hydrogen) atoms. The molecule has 0 saturated heterocycles. The van der Waals surface area contributed by atoms with Gasteiger partial charge in [0, 0.05) is 0 Å². The molecular formula is C11H18BrN3O3. The second kappa shape index (κ2) is 6.86. The van der Waals surface area contributed by atoms with Crippen LogP contribution in [-0.4, -0.2) is 39.2 Å². The van der Waals surface area contributed by atoms with Gasteiger partial charge < -0.3 is 15.5 Å². The van der Waals surface area contributed by atoms with E-state index in [-0.39, 0.29) is 37.3 Å². The van der Waals surface area contributed by atoms with E-state index in [1.54, 1.807) is 0 Å². The van der Waals surface area contributed by atoms with Crippen molar-refractivity contribution in [2.45, 2.75) is 26.4 Å². The number of aliphatic hydroxyl groups is 2. The first-order chi connectivity index (χ1) is 8.51. The molecule has 1 aromatic heterocycles. The number of hydrogen-bond acceptors (Lipinski definition) is 5. The third-order valence-electron chi connectivity index (χ3n) is 2.64. The molecule has 0 fully saturated rings. The molecule has 102 valence electrons. The standard InChI is InChI=1S/C11H18BrN3O3/c1-7(2)9(6-17)14-8-5-13-15(3-4-16)11(18)10(8)12/h5,7,9,14,16-17H,3-4,6H2,1-2H3. The van der Waals surface area contributed by atoms with E-state index in [1.807, 2.05) is 13.8 Å².